The molecule has 0 aromatic heterocycles. The van der Waals surface area contributed by atoms with Crippen molar-refractivity contribution in [2.45, 2.75) is 24.4 Å². The van der Waals surface area contributed by atoms with Crippen LogP contribution in [0.15, 0.2) is 0 Å². The summed E-state index contributed by atoms with van der Waals surface area (Å²) in [6.07, 6.45) is 2.63. The number of nitrogens with one attached hydrogen (secondary N) is 1. The molecule has 3 saturated carbocycles. The van der Waals surface area contributed by atoms with Crippen LogP contribution >= 0.6 is 8.37 Å². The van der Waals surface area contributed by atoms with E-state index in [0.29, 0.717) is 8.37 Å². The molecule has 4 heteroatoms. The second-order valence-electron chi connectivity index (χ2n) is 3.51. The molecule has 0 unspecified atom stereocenters. The maximum Gasteiger partial charge on any atom is 0.223 e. The molecule has 0 radical (unpaired) electrons. The summed E-state index contributed by atoms with van der Waals surface area (Å²) in [6, 6.07) is 0. The molecule has 3 nitrogen and oxygen atoms in total. The van der Waals surface area contributed by atoms with Crippen LogP contribution in [-0.4, -0.2) is 11.1 Å². The molecule has 1 amide bonds. The van der Waals surface area contributed by atoms with Crippen LogP contribution < -0.4 is 5.73 Å². The third-order valence-corrected chi connectivity index (χ3v) is 3.71. The smallest absolute Gasteiger partial charge is 0.223 e. The second-order valence-corrected chi connectivity index (χ2v) is 4.68. The zero-order valence-electron chi connectivity index (χ0n) is 5.55. The number of primary amides is 1. The van der Waals surface area contributed by atoms with Gasteiger partial charge in [-0.1, -0.05) is 0 Å². The molecule has 3 aliphatic rings. The summed E-state index contributed by atoms with van der Waals surface area (Å²) in [7, 11) is 0.696. The van der Waals surface area contributed by atoms with Crippen LogP contribution in [0.25, 0.3) is 0 Å². The van der Waals surface area contributed by atoms with Crippen molar-refractivity contribution in [3.05, 3.63) is 0 Å². The highest BCUT2D eigenvalue weighted by Crippen LogP contribution is 2.72. The molecule has 3 N–H and O–H groups in total. The van der Waals surface area contributed by atoms with Gasteiger partial charge in [0.15, 0.2) is 0 Å². The normalized spacial score (nSPS) is 49.6. The molecule has 3 rings (SSSR count). The van der Waals surface area contributed by atoms with Crippen molar-refractivity contribution in [3.8, 4) is 0 Å². The van der Waals surface area contributed by atoms with E-state index >= 15 is 0 Å². The second kappa shape index (κ2) is 1.42. The maximum atomic E-state index is 10.8. The Kier molecular flexibility index (Phi) is 0.896. The summed E-state index contributed by atoms with van der Waals surface area (Å²) in [4.78, 5) is 10.8. The van der Waals surface area contributed by atoms with Crippen molar-refractivity contribution in [1.82, 2.24) is 0 Å². The number of nitrogens with two attached hydrogens (primary N) is 1. The molecule has 2 bridgehead atoms. The standard InChI is InChI=1S/C6H9N2OP/c7-4(9)5-1-6(2-5,3-5)10-8/h8H,1-3H2,(H2,7,9). The number of rotatable bonds is 2. The van der Waals surface area contributed by atoms with Gasteiger partial charge in [-0.25, -0.2) is 0 Å². The lowest BCUT2D eigenvalue weighted by molar-refractivity contribution is -0.154. The number of carbonyl (C=O) groups is 1. The lowest BCUT2D eigenvalue weighted by Gasteiger charge is -2.66. The fourth-order valence-corrected chi connectivity index (χ4v) is 3.26. The van der Waals surface area contributed by atoms with Crippen molar-refractivity contribution < 1.29 is 4.79 Å². The van der Waals surface area contributed by atoms with Crippen LogP contribution in [0.5, 0.6) is 0 Å². The minimum Gasteiger partial charge on any atom is -0.369 e. The molecule has 0 aromatic carbocycles. The number of amides is 1. The first-order valence-corrected chi connectivity index (χ1v) is 4.21. The Labute approximate surface area is 60.7 Å². The van der Waals surface area contributed by atoms with E-state index < -0.39 is 0 Å². The highest BCUT2D eigenvalue weighted by Gasteiger charge is 2.70. The summed E-state index contributed by atoms with van der Waals surface area (Å²) >= 11 is 0. The van der Waals surface area contributed by atoms with Gasteiger partial charge in [-0.2, -0.15) is 0 Å². The highest BCUT2D eigenvalue weighted by molar-refractivity contribution is 7.27. The van der Waals surface area contributed by atoms with Gasteiger partial charge in [0, 0.05) is 13.5 Å². The highest BCUT2D eigenvalue weighted by atomic mass is 31.1. The number of carbonyl (C=O) groups excluding carboxylic acids is 1. The van der Waals surface area contributed by atoms with Crippen LogP contribution in [0.3, 0.4) is 0 Å². The summed E-state index contributed by atoms with van der Waals surface area (Å²) in [5.74, 6) is -0.155. The molecule has 0 aromatic rings. The van der Waals surface area contributed by atoms with E-state index in [1.165, 1.54) is 0 Å². The largest absolute Gasteiger partial charge is 0.369 e. The summed E-state index contributed by atoms with van der Waals surface area (Å²) < 4.78 is 0. The molecule has 0 aliphatic heterocycles. The van der Waals surface area contributed by atoms with Crippen molar-refractivity contribution in [1.29, 1.82) is 5.16 Å². The van der Waals surface area contributed by atoms with E-state index in [0.717, 1.165) is 19.3 Å². The molecular weight excluding hydrogens is 147 g/mol. The Balaban J connectivity index is 2.10. The molecule has 0 saturated heterocycles. The van der Waals surface area contributed by atoms with Gasteiger partial charge in [-0.15, -0.1) is 0 Å². The van der Waals surface area contributed by atoms with E-state index in [4.69, 9.17) is 10.9 Å². The van der Waals surface area contributed by atoms with Gasteiger partial charge >= 0.3 is 0 Å². The van der Waals surface area contributed by atoms with Crippen LogP contribution in [0.4, 0.5) is 0 Å². The van der Waals surface area contributed by atoms with E-state index in [1.54, 1.807) is 0 Å². The van der Waals surface area contributed by atoms with Crippen LogP contribution in [-0.2, 0) is 4.79 Å². The van der Waals surface area contributed by atoms with Gasteiger partial charge in [0.25, 0.3) is 0 Å². The average molecular weight is 156 g/mol. The summed E-state index contributed by atoms with van der Waals surface area (Å²) in [5.41, 5.74) is 5.02. The molecule has 3 fully saturated rings. The minimum atomic E-state index is -0.159. The van der Waals surface area contributed by atoms with E-state index in [1.807, 2.05) is 0 Å². The maximum absolute atomic E-state index is 10.8. The van der Waals surface area contributed by atoms with Gasteiger partial charge in [-0.3, -0.25) is 9.96 Å². The molecule has 0 atom stereocenters. The van der Waals surface area contributed by atoms with Crippen LogP contribution in [0.2, 0.25) is 0 Å². The van der Waals surface area contributed by atoms with E-state index in [2.05, 4.69) is 0 Å². The van der Waals surface area contributed by atoms with E-state index in [9.17, 15) is 4.79 Å². The van der Waals surface area contributed by atoms with Crippen molar-refractivity contribution in [2.75, 3.05) is 0 Å². The lowest BCUT2D eigenvalue weighted by atomic mass is 9.43. The monoisotopic (exact) mass is 156 g/mol. The van der Waals surface area contributed by atoms with Crippen molar-refractivity contribution in [3.63, 3.8) is 0 Å². The Bertz CT molecular complexity index is 206. The zero-order valence-corrected chi connectivity index (χ0v) is 6.45. The van der Waals surface area contributed by atoms with Gasteiger partial charge in [0.05, 0.1) is 5.41 Å². The first-order chi connectivity index (χ1) is 4.63. The summed E-state index contributed by atoms with van der Waals surface area (Å²) in [6.45, 7) is 0. The topological polar surface area (TPSA) is 66.9 Å². The Morgan fingerprint density at radius 2 is 2.00 bits per heavy atom. The zero-order chi connectivity index (χ0) is 7.41. The first kappa shape index (κ1) is 6.29. The van der Waals surface area contributed by atoms with Crippen molar-refractivity contribution in [2.24, 2.45) is 11.1 Å². The molecule has 10 heavy (non-hydrogen) atoms. The van der Waals surface area contributed by atoms with Gasteiger partial charge in [0.2, 0.25) is 5.91 Å². The van der Waals surface area contributed by atoms with E-state index in [-0.39, 0.29) is 16.5 Å². The summed E-state index contributed by atoms with van der Waals surface area (Å²) in [5, 5.41) is 7.33. The quantitative estimate of drug-likeness (QED) is 0.577. The van der Waals surface area contributed by atoms with Crippen LogP contribution in [0, 0.1) is 10.6 Å². The van der Waals surface area contributed by atoms with Crippen LogP contribution in [0.1, 0.15) is 19.3 Å². The predicted molar refractivity (Wildman–Crippen MR) is 37.8 cm³/mol. The molecule has 0 spiro atoms. The molecule has 0 heterocycles. The van der Waals surface area contributed by atoms with Gasteiger partial charge < -0.3 is 5.73 Å². The Morgan fingerprint density at radius 3 is 2.30 bits per heavy atom. The minimum absolute atomic E-state index is 0.155. The molecule has 54 valence electrons. The number of hydrogen-bond acceptors (Lipinski definition) is 2. The predicted octanol–water partition coefficient (Wildman–Crippen LogP) is 1.10. The molecular formula is C6H9N2OP. The fourth-order valence-electron chi connectivity index (χ4n) is 2.11. The average Bonchev–Trinajstić information content (AvgIpc) is 1.57. The molecule has 3 aliphatic carbocycles. The first-order valence-electron chi connectivity index (χ1n) is 3.31. The number of hydrogen-bond donors (Lipinski definition) is 2. The van der Waals surface area contributed by atoms with Gasteiger partial charge in [-0.05, 0) is 19.3 Å². The third-order valence-electron chi connectivity index (χ3n) is 2.76. The van der Waals surface area contributed by atoms with Gasteiger partial charge in [0.1, 0.15) is 0 Å². The fraction of sp³-hybridized carbons (Fsp3) is 0.833. The SMILES string of the molecule is N=PC12CC(C(N)=O)(C1)C2. The lowest BCUT2D eigenvalue weighted by Crippen LogP contribution is -2.68. The third kappa shape index (κ3) is 0.463. The van der Waals surface area contributed by atoms with Crippen molar-refractivity contribution >= 4 is 14.3 Å². The Hall–Kier alpha value is -0.430. The Morgan fingerprint density at radius 1 is 1.50 bits per heavy atom.